The van der Waals surface area contributed by atoms with E-state index < -0.39 is 11.8 Å². The second-order valence-electron chi connectivity index (χ2n) is 3.45. The molecule has 0 aliphatic heterocycles. The SMILES string of the molecule is Cc1cc(-c2ccc(C(=O)O)c(F)c2)cs1. The summed E-state index contributed by atoms with van der Waals surface area (Å²) >= 11 is 1.58. The van der Waals surface area contributed by atoms with Crippen molar-refractivity contribution in [2.75, 3.05) is 0 Å². The molecular weight excluding hydrogens is 227 g/mol. The summed E-state index contributed by atoms with van der Waals surface area (Å²) in [6.45, 7) is 1.97. The third-order valence-electron chi connectivity index (χ3n) is 2.26. The molecule has 0 atom stereocenters. The summed E-state index contributed by atoms with van der Waals surface area (Å²) in [5.74, 6) is -1.94. The lowest BCUT2D eigenvalue weighted by Gasteiger charge is -2.01. The molecule has 0 amide bonds. The minimum Gasteiger partial charge on any atom is -0.478 e. The van der Waals surface area contributed by atoms with Gasteiger partial charge in [-0.2, -0.15) is 0 Å². The first-order chi connectivity index (χ1) is 7.58. The molecule has 2 aromatic rings. The maximum absolute atomic E-state index is 13.4. The number of aromatic carboxylic acids is 1. The molecular formula is C12H9FO2S. The van der Waals surface area contributed by atoms with Gasteiger partial charge in [0.1, 0.15) is 5.82 Å². The molecule has 0 fully saturated rings. The quantitative estimate of drug-likeness (QED) is 0.865. The van der Waals surface area contributed by atoms with Crippen LogP contribution in [0, 0.1) is 12.7 Å². The third kappa shape index (κ3) is 1.97. The number of carbonyl (C=O) groups is 1. The maximum Gasteiger partial charge on any atom is 0.338 e. The molecule has 0 aliphatic carbocycles. The fourth-order valence-electron chi connectivity index (χ4n) is 1.46. The summed E-state index contributed by atoms with van der Waals surface area (Å²) in [5.41, 5.74) is 1.32. The van der Waals surface area contributed by atoms with Gasteiger partial charge >= 0.3 is 5.97 Å². The van der Waals surface area contributed by atoms with Crippen molar-refractivity contribution in [1.29, 1.82) is 0 Å². The molecule has 1 heterocycles. The first kappa shape index (κ1) is 10.8. The van der Waals surface area contributed by atoms with Gasteiger partial charge < -0.3 is 5.11 Å². The predicted octanol–water partition coefficient (Wildman–Crippen LogP) is 3.56. The van der Waals surface area contributed by atoms with Crippen LogP contribution >= 0.6 is 11.3 Å². The average Bonchev–Trinajstić information content (AvgIpc) is 2.64. The minimum absolute atomic E-state index is 0.296. The van der Waals surface area contributed by atoms with Crippen molar-refractivity contribution in [3.63, 3.8) is 0 Å². The van der Waals surface area contributed by atoms with Crippen LogP contribution in [0.25, 0.3) is 11.1 Å². The Hall–Kier alpha value is -1.68. The second kappa shape index (κ2) is 4.06. The predicted molar refractivity (Wildman–Crippen MR) is 61.4 cm³/mol. The van der Waals surface area contributed by atoms with Gasteiger partial charge in [0.25, 0.3) is 0 Å². The van der Waals surface area contributed by atoms with E-state index in [-0.39, 0.29) is 5.56 Å². The van der Waals surface area contributed by atoms with Crippen LogP contribution in [-0.4, -0.2) is 11.1 Å². The lowest BCUT2D eigenvalue weighted by Crippen LogP contribution is -1.99. The molecule has 0 aliphatic rings. The number of hydrogen-bond donors (Lipinski definition) is 1. The number of thiophene rings is 1. The van der Waals surface area contributed by atoms with Crippen LogP contribution in [0.4, 0.5) is 4.39 Å². The first-order valence-electron chi connectivity index (χ1n) is 4.66. The summed E-state index contributed by atoms with van der Waals surface area (Å²) in [6.07, 6.45) is 0. The number of carboxylic acid groups (broad SMARTS) is 1. The monoisotopic (exact) mass is 236 g/mol. The van der Waals surface area contributed by atoms with Crippen molar-refractivity contribution < 1.29 is 14.3 Å². The molecule has 0 saturated heterocycles. The molecule has 2 rings (SSSR count). The van der Waals surface area contributed by atoms with E-state index in [0.717, 1.165) is 10.4 Å². The smallest absolute Gasteiger partial charge is 0.338 e. The second-order valence-corrected chi connectivity index (χ2v) is 4.56. The van der Waals surface area contributed by atoms with Gasteiger partial charge in [0, 0.05) is 4.88 Å². The first-order valence-corrected chi connectivity index (χ1v) is 5.54. The molecule has 0 unspecified atom stereocenters. The number of aryl methyl sites for hydroxylation is 1. The van der Waals surface area contributed by atoms with Gasteiger partial charge in [-0.1, -0.05) is 6.07 Å². The molecule has 2 nitrogen and oxygen atoms in total. The molecule has 0 saturated carbocycles. The molecule has 0 spiro atoms. The standard InChI is InChI=1S/C12H9FO2S/c1-7-4-9(6-16-7)8-2-3-10(12(14)15)11(13)5-8/h2-6H,1H3,(H,14,15). The van der Waals surface area contributed by atoms with E-state index >= 15 is 0 Å². The average molecular weight is 236 g/mol. The van der Waals surface area contributed by atoms with E-state index in [2.05, 4.69) is 0 Å². The Kier molecular flexibility index (Phi) is 2.75. The topological polar surface area (TPSA) is 37.3 Å². The molecule has 0 bridgehead atoms. The lowest BCUT2D eigenvalue weighted by atomic mass is 10.1. The third-order valence-corrected chi connectivity index (χ3v) is 3.12. The highest BCUT2D eigenvalue weighted by Crippen LogP contribution is 2.26. The highest BCUT2D eigenvalue weighted by atomic mass is 32.1. The van der Waals surface area contributed by atoms with Crippen molar-refractivity contribution in [2.45, 2.75) is 6.92 Å². The van der Waals surface area contributed by atoms with Crippen molar-refractivity contribution in [3.05, 3.63) is 45.9 Å². The van der Waals surface area contributed by atoms with E-state index in [1.807, 2.05) is 18.4 Å². The van der Waals surface area contributed by atoms with E-state index in [1.165, 1.54) is 12.1 Å². The van der Waals surface area contributed by atoms with Gasteiger partial charge in [0.15, 0.2) is 0 Å². The number of halogens is 1. The number of benzene rings is 1. The summed E-state index contributed by atoms with van der Waals surface area (Å²) in [6, 6.07) is 6.11. The van der Waals surface area contributed by atoms with Gasteiger partial charge in [-0.05, 0) is 41.6 Å². The Morgan fingerprint density at radius 2 is 2.06 bits per heavy atom. The zero-order valence-electron chi connectivity index (χ0n) is 8.53. The van der Waals surface area contributed by atoms with Crippen LogP contribution in [0.1, 0.15) is 15.2 Å². The largest absolute Gasteiger partial charge is 0.478 e. The van der Waals surface area contributed by atoms with Crippen LogP contribution in [0.15, 0.2) is 29.6 Å². The Bertz CT molecular complexity index is 546. The van der Waals surface area contributed by atoms with Crippen LogP contribution in [-0.2, 0) is 0 Å². The van der Waals surface area contributed by atoms with Gasteiger partial charge in [0.05, 0.1) is 5.56 Å². The van der Waals surface area contributed by atoms with E-state index in [1.54, 1.807) is 17.4 Å². The van der Waals surface area contributed by atoms with Gasteiger partial charge in [-0.3, -0.25) is 0 Å². The fraction of sp³-hybridized carbons (Fsp3) is 0.0833. The summed E-state index contributed by atoms with van der Waals surface area (Å²) in [7, 11) is 0. The zero-order valence-corrected chi connectivity index (χ0v) is 9.34. The number of hydrogen-bond acceptors (Lipinski definition) is 2. The Balaban J connectivity index is 2.45. The van der Waals surface area contributed by atoms with Crippen molar-refractivity contribution in [2.24, 2.45) is 0 Å². The van der Waals surface area contributed by atoms with E-state index in [4.69, 9.17) is 5.11 Å². The zero-order chi connectivity index (χ0) is 11.7. The van der Waals surface area contributed by atoms with Crippen molar-refractivity contribution in [3.8, 4) is 11.1 Å². The highest BCUT2D eigenvalue weighted by Gasteiger charge is 2.11. The molecule has 1 N–H and O–H groups in total. The number of rotatable bonds is 2. The van der Waals surface area contributed by atoms with Crippen LogP contribution in [0.5, 0.6) is 0 Å². The van der Waals surface area contributed by atoms with Crippen molar-refractivity contribution >= 4 is 17.3 Å². The number of carboxylic acids is 1. The Labute approximate surface area is 96.0 Å². The molecule has 4 heteroatoms. The minimum atomic E-state index is -1.24. The normalized spacial score (nSPS) is 10.4. The van der Waals surface area contributed by atoms with Gasteiger partial charge in [-0.25, -0.2) is 9.18 Å². The molecule has 82 valence electrons. The van der Waals surface area contributed by atoms with Crippen LogP contribution in [0.3, 0.4) is 0 Å². The highest BCUT2D eigenvalue weighted by molar-refractivity contribution is 7.10. The summed E-state index contributed by atoms with van der Waals surface area (Å²) < 4.78 is 13.4. The van der Waals surface area contributed by atoms with E-state index in [0.29, 0.717) is 5.56 Å². The summed E-state index contributed by atoms with van der Waals surface area (Å²) in [4.78, 5) is 11.8. The lowest BCUT2D eigenvalue weighted by molar-refractivity contribution is 0.0692. The summed E-state index contributed by atoms with van der Waals surface area (Å²) in [5, 5.41) is 10.6. The molecule has 0 radical (unpaired) electrons. The van der Waals surface area contributed by atoms with E-state index in [9.17, 15) is 9.18 Å². The molecule has 16 heavy (non-hydrogen) atoms. The Morgan fingerprint density at radius 1 is 1.31 bits per heavy atom. The maximum atomic E-state index is 13.4. The van der Waals surface area contributed by atoms with Gasteiger partial charge in [0.2, 0.25) is 0 Å². The fourth-order valence-corrected chi connectivity index (χ4v) is 2.17. The van der Waals surface area contributed by atoms with Crippen LogP contribution < -0.4 is 0 Å². The molecule has 1 aromatic carbocycles. The van der Waals surface area contributed by atoms with Crippen LogP contribution in [0.2, 0.25) is 0 Å². The van der Waals surface area contributed by atoms with Gasteiger partial charge in [-0.15, -0.1) is 11.3 Å². The van der Waals surface area contributed by atoms with Crippen molar-refractivity contribution in [1.82, 2.24) is 0 Å². The Morgan fingerprint density at radius 3 is 2.56 bits per heavy atom. The molecule has 1 aromatic heterocycles.